The Morgan fingerprint density at radius 2 is 1.83 bits per heavy atom. The van der Waals surface area contributed by atoms with Crippen LogP contribution in [0, 0.1) is 0 Å². The molecular formula is C19H22N4O. The van der Waals surface area contributed by atoms with E-state index >= 15 is 0 Å². The molecule has 124 valence electrons. The highest BCUT2D eigenvalue weighted by molar-refractivity contribution is 5.81. The van der Waals surface area contributed by atoms with Crippen LogP contribution in [0.2, 0.25) is 0 Å². The second-order valence-electron chi connectivity index (χ2n) is 5.40. The number of H-pyrrole nitrogens is 1. The molecule has 24 heavy (non-hydrogen) atoms. The SMILES string of the molecule is CN=C(NCCOc1ccccc1)NCc1cc2ccccc2[nH]1. The van der Waals surface area contributed by atoms with Gasteiger partial charge in [0.05, 0.1) is 13.1 Å². The minimum Gasteiger partial charge on any atom is -0.492 e. The predicted molar refractivity (Wildman–Crippen MR) is 98.4 cm³/mol. The van der Waals surface area contributed by atoms with Crippen LogP contribution >= 0.6 is 0 Å². The summed E-state index contributed by atoms with van der Waals surface area (Å²) < 4.78 is 5.65. The summed E-state index contributed by atoms with van der Waals surface area (Å²) in [5.41, 5.74) is 2.27. The smallest absolute Gasteiger partial charge is 0.191 e. The molecule has 1 aromatic heterocycles. The monoisotopic (exact) mass is 322 g/mol. The fourth-order valence-electron chi connectivity index (χ4n) is 2.48. The minimum absolute atomic E-state index is 0.580. The first kappa shape index (κ1) is 15.9. The lowest BCUT2D eigenvalue weighted by molar-refractivity contribution is 0.322. The molecule has 3 N–H and O–H groups in total. The van der Waals surface area contributed by atoms with E-state index in [9.17, 15) is 0 Å². The van der Waals surface area contributed by atoms with E-state index in [1.807, 2.05) is 42.5 Å². The summed E-state index contributed by atoms with van der Waals surface area (Å²) in [6.45, 7) is 1.95. The van der Waals surface area contributed by atoms with Gasteiger partial charge < -0.3 is 20.4 Å². The Hall–Kier alpha value is -2.95. The van der Waals surface area contributed by atoms with Crippen molar-refractivity contribution in [1.29, 1.82) is 0 Å². The Morgan fingerprint density at radius 3 is 2.62 bits per heavy atom. The largest absolute Gasteiger partial charge is 0.492 e. The summed E-state index contributed by atoms with van der Waals surface area (Å²) in [7, 11) is 1.76. The summed E-state index contributed by atoms with van der Waals surface area (Å²) in [6.07, 6.45) is 0. The minimum atomic E-state index is 0.580. The summed E-state index contributed by atoms with van der Waals surface area (Å²) in [5.74, 6) is 1.63. The van der Waals surface area contributed by atoms with Gasteiger partial charge in [-0.3, -0.25) is 4.99 Å². The van der Waals surface area contributed by atoms with E-state index < -0.39 is 0 Å². The number of guanidine groups is 1. The lowest BCUT2D eigenvalue weighted by atomic mass is 10.2. The highest BCUT2D eigenvalue weighted by Crippen LogP contribution is 2.14. The average molecular weight is 322 g/mol. The second kappa shape index (κ2) is 8.06. The molecule has 0 fully saturated rings. The van der Waals surface area contributed by atoms with E-state index in [1.54, 1.807) is 7.05 Å². The van der Waals surface area contributed by atoms with Crippen molar-refractivity contribution < 1.29 is 4.74 Å². The van der Waals surface area contributed by atoms with Gasteiger partial charge in [-0.15, -0.1) is 0 Å². The van der Waals surface area contributed by atoms with Crippen molar-refractivity contribution in [1.82, 2.24) is 15.6 Å². The van der Waals surface area contributed by atoms with Gasteiger partial charge in [0.25, 0.3) is 0 Å². The molecule has 3 aromatic rings. The highest BCUT2D eigenvalue weighted by Gasteiger charge is 2.02. The quantitative estimate of drug-likeness (QED) is 0.371. The normalized spacial score (nSPS) is 11.5. The lowest BCUT2D eigenvalue weighted by Gasteiger charge is -2.12. The number of para-hydroxylation sites is 2. The third-order valence-electron chi connectivity index (χ3n) is 3.66. The number of ether oxygens (including phenoxy) is 1. The van der Waals surface area contributed by atoms with Crippen molar-refractivity contribution in [2.75, 3.05) is 20.2 Å². The van der Waals surface area contributed by atoms with Crippen molar-refractivity contribution >= 4 is 16.9 Å². The highest BCUT2D eigenvalue weighted by atomic mass is 16.5. The number of nitrogens with one attached hydrogen (secondary N) is 3. The third-order valence-corrected chi connectivity index (χ3v) is 3.66. The van der Waals surface area contributed by atoms with Crippen molar-refractivity contribution in [3.05, 3.63) is 66.4 Å². The molecule has 0 aliphatic rings. The van der Waals surface area contributed by atoms with Gasteiger partial charge in [0.2, 0.25) is 0 Å². The topological polar surface area (TPSA) is 61.4 Å². The molecular weight excluding hydrogens is 300 g/mol. The van der Waals surface area contributed by atoms with Crippen LogP contribution in [0.1, 0.15) is 5.69 Å². The lowest BCUT2D eigenvalue weighted by Crippen LogP contribution is -2.38. The van der Waals surface area contributed by atoms with Crippen LogP contribution in [0.15, 0.2) is 65.7 Å². The van der Waals surface area contributed by atoms with Crippen LogP contribution in [-0.4, -0.2) is 31.1 Å². The van der Waals surface area contributed by atoms with Crippen LogP contribution in [0.3, 0.4) is 0 Å². The molecule has 0 bridgehead atoms. The first-order chi connectivity index (χ1) is 11.8. The maximum Gasteiger partial charge on any atom is 0.191 e. The van der Waals surface area contributed by atoms with E-state index in [0.717, 1.165) is 22.9 Å². The fourth-order valence-corrected chi connectivity index (χ4v) is 2.48. The number of hydrogen-bond donors (Lipinski definition) is 3. The molecule has 3 rings (SSSR count). The molecule has 5 heteroatoms. The first-order valence-electron chi connectivity index (χ1n) is 8.04. The van der Waals surface area contributed by atoms with Gasteiger partial charge in [0, 0.05) is 18.3 Å². The zero-order chi connectivity index (χ0) is 16.6. The molecule has 0 unspecified atom stereocenters. The molecule has 0 aliphatic carbocycles. The molecule has 0 saturated carbocycles. The standard InChI is InChI=1S/C19H22N4O/c1-20-19(21-11-12-24-17-8-3-2-4-9-17)22-14-16-13-15-7-5-6-10-18(15)23-16/h2-10,13,23H,11-12,14H2,1H3,(H2,20,21,22). The summed E-state index contributed by atoms with van der Waals surface area (Å²) in [6, 6.07) is 20.2. The van der Waals surface area contributed by atoms with E-state index in [-0.39, 0.29) is 0 Å². The molecule has 1 heterocycles. The van der Waals surface area contributed by atoms with Crippen LogP contribution in [0.4, 0.5) is 0 Å². The van der Waals surface area contributed by atoms with Gasteiger partial charge in [-0.05, 0) is 29.7 Å². The maximum atomic E-state index is 5.65. The van der Waals surface area contributed by atoms with E-state index in [1.165, 1.54) is 5.39 Å². The molecule has 0 atom stereocenters. The van der Waals surface area contributed by atoms with Crippen LogP contribution < -0.4 is 15.4 Å². The van der Waals surface area contributed by atoms with Crippen molar-refractivity contribution in [3.63, 3.8) is 0 Å². The molecule has 5 nitrogen and oxygen atoms in total. The number of nitrogens with zero attached hydrogens (tertiary/aromatic N) is 1. The Bertz CT molecular complexity index is 762. The third kappa shape index (κ3) is 4.29. The van der Waals surface area contributed by atoms with Gasteiger partial charge in [-0.1, -0.05) is 36.4 Å². The van der Waals surface area contributed by atoms with E-state index in [4.69, 9.17) is 4.74 Å². The summed E-state index contributed by atoms with van der Waals surface area (Å²) >= 11 is 0. The van der Waals surface area contributed by atoms with Gasteiger partial charge >= 0.3 is 0 Å². The molecule has 0 saturated heterocycles. The number of fused-ring (bicyclic) bond motifs is 1. The van der Waals surface area contributed by atoms with Gasteiger partial charge in [0.15, 0.2) is 5.96 Å². The molecule has 0 aliphatic heterocycles. The number of aliphatic imine (C=N–C) groups is 1. The van der Waals surface area contributed by atoms with Crippen molar-refractivity contribution in [3.8, 4) is 5.75 Å². The number of hydrogen-bond acceptors (Lipinski definition) is 2. The molecule has 0 amide bonds. The van der Waals surface area contributed by atoms with Crippen LogP contribution in [0.25, 0.3) is 10.9 Å². The zero-order valence-electron chi connectivity index (χ0n) is 13.8. The van der Waals surface area contributed by atoms with Gasteiger partial charge in [-0.25, -0.2) is 0 Å². The molecule has 2 aromatic carbocycles. The Kier molecular flexibility index (Phi) is 5.35. The Morgan fingerprint density at radius 1 is 1.04 bits per heavy atom. The van der Waals surface area contributed by atoms with Crippen LogP contribution in [0.5, 0.6) is 5.75 Å². The molecule has 0 spiro atoms. The van der Waals surface area contributed by atoms with E-state index in [0.29, 0.717) is 19.7 Å². The Labute approximate surface area is 141 Å². The number of aromatic amines is 1. The zero-order valence-corrected chi connectivity index (χ0v) is 13.8. The first-order valence-corrected chi connectivity index (χ1v) is 8.04. The van der Waals surface area contributed by atoms with Crippen LogP contribution in [-0.2, 0) is 6.54 Å². The van der Waals surface area contributed by atoms with Crippen molar-refractivity contribution in [2.24, 2.45) is 4.99 Å². The fraction of sp³-hybridized carbons (Fsp3) is 0.211. The second-order valence-corrected chi connectivity index (χ2v) is 5.40. The summed E-state index contributed by atoms with van der Waals surface area (Å²) in [5, 5.41) is 7.76. The number of benzene rings is 2. The number of rotatable bonds is 6. The van der Waals surface area contributed by atoms with Gasteiger partial charge in [-0.2, -0.15) is 0 Å². The predicted octanol–water partition coefficient (Wildman–Crippen LogP) is 2.91. The van der Waals surface area contributed by atoms with E-state index in [2.05, 4.69) is 38.8 Å². The summed E-state index contributed by atoms with van der Waals surface area (Å²) in [4.78, 5) is 7.62. The van der Waals surface area contributed by atoms with Gasteiger partial charge in [0.1, 0.15) is 12.4 Å². The number of aromatic nitrogens is 1. The van der Waals surface area contributed by atoms with Crippen molar-refractivity contribution in [2.45, 2.75) is 6.54 Å². The average Bonchev–Trinajstić information content (AvgIpc) is 3.05. The maximum absolute atomic E-state index is 5.65. The Balaban J connectivity index is 1.43. The molecule has 0 radical (unpaired) electrons.